The molecule has 2 N–H and O–H groups in total. The minimum Gasteiger partial charge on any atom is -0.433 e. The molecule has 28 heavy (non-hydrogen) atoms. The first-order valence-corrected chi connectivity index (χ1v) is 9.25. The van der Waals surface area contributed by atoms with E-state index in [1.54, 1.807) is 7.11 Å². The summed E-state index contributed by atoms with van der Waals surface area (Å²) in [7, 11) is 1.62. The molecule has 0 aromatic heterocycles. The van der Waals surface area contributed by atoms with E-state index in [1.165, 1.54) is 12.1 Å². The van der Waals surface area contributed by atoms with Gasteiger partial charge in [-0.1, -0.05) is 23.2 Å². The van der Waals surface area contributed by atoms with Gasteiger partial charge in [-0.05, 0) is 25.5 Å². The molecule has 0 atom stereocenters. The Bertz CT molecular complexity index is 599. The van der Waals surface area contributed by atoms with Gasteiger partial charge in [0.15, 0.2) is 5.96 Å². The van der Waals surface area contributed by atoms with E-state index >= 15 is 0 Å². The fourth-order valence-electron chi connectivity index (χ4n) is 2.08. The van der Waals surface area contributed by atoms with Crippen molar-refractivity contribution in [1.29, 1.82) is 0 Å². The number of alkyl halides is 2. The molecule has 0 spiro atoms. The standard InChI is InChI=1S/C17H25Cl2F2N3O3.HI/c1-3-22-17(23-5-4-6-26-8-7-25-2)24-11-12-9-13(18)10-14(19)15(12)27-16(20)21;/h9-10,16H,3-8,11H2,1-2H3,(H2,22,23,24);1H. The third-order valence-corrected chi connectivity index (χ3v) is 3.73. The summed E-state index contributed by atoms with van der Waals surface area (Å²) in [4.78, 5) is 4.37. The number of nitrogens with one attached hydrogen (secondary N) is 2. The van der Waals surface area contributed by atoms with Crippen LogP contribution in [0.1, 0.15) is 18.9 Å². The third-order valence-electron chi connectivity index (χ3n) is 3.23. The van der Waals surface area contributed by atoms with Crippen LogP contribution in [0.5, 0.6) is 5.75 Å². The largest absolute Gasteiger partial charge is 0.433 e. The molecule has 1 rings (SSSR count). The quantitative estimate of drug-likeness (QED) is 0.174. The SMILES string of the molecule is CCNC(=NCc1cc(Cl)cc(Cl)c1OC(F)F)NCCCOCCOC.I. The Morgan fingerprint density at radius 1 is 1.18 bits per heavy atom. The van der Waals surface area contributed by atoms with Gasteiger partial charge in [0.2, 0.25) is 0 Å². The van der Waals surface area contributed by atoms with Gasteiger partial charge >= 0.3 is 6.61 Å². The Labute approximate surface area is 191 Å². The molecule has 11 heteroatoms. The van der Waals surface area contributed by atoms with E-state index in [1.807, 2.05) is 6.92 Å². The first-order valence-electron chi connectivity index (χ1n) is 8.49. The number of rotatable bonds is 12. The minimum atomic E-state index is -2.99. The van der Waals surface area contributed by atoms with Gasteiger partial charge in [0.1, 0.15) is 5.75 Å². The van der Waals surface area contributed by atoms with Gasteiger partial charge in [-0.15, -0.1) is 24.0 Å². The number of aliphatic imine (C=N–C) groups is 1. The first-order chi connectivity index (χ1) is 13.0. The number of hydrogen-bond donors (Lipinski definition) is 2. The molecule has 6 nitrogen and oxygen atoms in total. The summed E-state index contributed by atoms with van der Waals surface area (Å²) in [5.74, 6) is 0.413. The zero-order valence-corrected chi connectivity index (χ0v) is 19.6. The van der Waals surface area contributed by atoms with E-state index in [0.717, 1.165) is 6.42 Å². The molecule has 0 heterocycles. The molecule has 0 fully saturated rings. The topological polar surface area (TPSA) is 64.1 Å². The zero-order chi connectivity index (χ0) is 20.1. The van der Waals surface area contributed by atoms with Crippen LogP contribution in [0.3, 0.4) is 0 Å². The van der Waals surface area contributed by atoms with Crippen molar-refractivity contribution in [2.45, 2.75) is 26.5 Å². The van der Waals surface area contributed by atoms with Crippen LogP contribution in [0.2, 0.25) is 10.0 Å². The van der Waals surface area contributed by atoms with Crippen molar-refractivity contribution in [2.75, 3.05) is 40.0 Å². The molecule has 1 aromatic rings. The lowest BCUT2D eigenvalue weighted by molar-refractivity contribution is -0.0503. The molecule has 0 radical (unpaired) electrons. The van der Waals surface area contributed by atoms with E-state index in [9.17, 15) is 8.78 Å². The summed E-state index contributed by atoms with van der Waals surface area (Å²) < 4.78 is 40.0. The Balaban J connectivity index is 0.00000729. The lowest BCUT2D eigenvalue weighted by Gasteiger charge is -2.14. The summed E-state index contributed by atoms with van der Waals surface area (Å²) in [5.41, 5.74) is 0.368. The second-order valence-electron chi connectivity index (χ2n) is 5.34. The summed E-state index contributed by atoms with van der Waals surface area (Å²) in [5, 5.41) is 6.55. The Kier molecular flexibility index (Phi) is 15.8. The number of hydrogen-bond acceptors (Lipinski definition) is 4. The van der Waals surface area contributed by atoms with Crippen LogP contribution in [-0.4, -0.2) is 52.6 Å². The molecule has 0 aliphatic carbocycles. The molecular weight excluding hydrogens is 530 g/mol. The molecule has 0 aliphatic heterocycles. The number of guanidine groups is 1. The van der Waals surface area contributed by atoms with Crippen LogP contribution in [-0.2, 0) is 16.0 Å². The number of benzene rings is 1. The van der Waals surface area contributed by atoms with Gasteiger partial charge in [0, 0.05) is 37.4 Å². The fourth-order valence-corrected chi connectivity index (χ4v) is 2.66. The van der Waals surface area contributed by atoms with E-state index in [-0.39, 0.29) is 41.3 Å². The highest BCUT2D eigenvalue weighted by Crippen LogP contribution is 2.34. The average molecular weight is 556 g/mol. The predicted molar refractivity (Wildman–Crippen MR) is 119 cm³/mol. The fraction of sp³-hybridized carbons (Fsp3) is 0.588. The van der Waals surface area contributed by atoms with Gasteiger partial charge in [0.25, 0.3) is 0 Å². The van der Waals surface area contributed by atoms with Crippen molar-refractivity contribution < 1.29 is 23.0 Å². The predicted octanol–water partition coefficient (Wildman–Crippen LogP) is 4.32. The molecule has 0 bridgehead atoms. The van der Waals surface area contributed by atoms with Gasteiger partial charge in [-0.25, -0.2) is 4.99 Å². The van der Waals surface area contributed by atoms with E-state index < -0.39 is 6.61 Å². The van der Waals surface area contributed by atoms with E-state index in [0.29, 0.717) is 49.5 Å². The molecule has 1 aromatic carbocycles. The minimum absolute atomic E-state index is 0. The lowest BCUT2D eigenvalue weighted by atomic mass is 10.2. The normalized spacial score (nSPS) is 11.3. The summed E-state index contributed by atoms with van der Waals surface area (Å²) in [6, 6.07) is 2.85. The van der Waals surface area contributed by atoms with Gasteiger partial charge < -0.3 is 24.8 Å². The van der Waals surface area contributed by atoms with Crippen LogP contribution < -0.4 is 15.4 Å². The second-order valence-corrected chi connectivity index (χ2v) is 6.18. The Hall–Kier alpha value is -0.620. The maximum Gasteiger partial charge on any atom is 0.387 e. The monoisotopic (exact) mass is 555 g/mol. The van der Waals surface area contributed by atoms with Crippen LogP contribution in [0.25, 0.3) is 0 Å². The molecule has 162 valence electrons. The van der Waals surface area contributed by atoms with E-state index in [4.69, 9.17) is 32.7 Å². The molecular formula is C17H26Cl2F2IN3O3. The van der Waals surface area contributed by atoms with Crippen LogP contribution in [0.15, 0.2) is 17.1 Å². The van der Waals surface area contributed by atoms with Crippen molar-refractivity contribution in [1.82, 2.24) is 10.6 Å². The first kappa shape index (κ1) is 27.4. The highest BCUT2D eigenvalue weighted by molar-refractivity contribution is 14.0. The summed E-state index contributed by atoms with van der Waals surface area (Å²) in [6.07, 6.45) is 0.775. The number of ether oxygens (including phenoxy) is 3. The van der Waals surface area contributed by atoms with Crippen LogP contribution in [0.4, 0.5) is 8.78 Å². The van der Waals surface area contributed by atoms with Crippen molar-refractivity contribution in [2.24, 2.45) is 4.99 Å². The van der Waals surface area contributed by atoms with Crippen molar-refractivity contribution in [3.05, 3.63) is 27.7 Å². The summed E-state index contributed by atoms with van der Waals surface area (Å²) in [6.45, 7) is 1.98. The Morgan fingerprint density at radius 3 is 2.57 bits per heavy atom. The van der Waals surface area contributed by atoms with Crippen molar-refractivity contribution >= 4 is 53.1 Å². The zero-order valence-electron chi connectivity index (χ0n) is 15.8. The van der Waals surface area contributed by atoms with Gasteiger partial charge in [-0.2, -0.15) is 8.78 Å². The maximum atomic E-state index is 12.6. The van der Waals surface area contributed by atoms with Gasteiger partial charge in [0.05, 0.1) is 24.8 Å². The molecule has 0 unspecified atom stereocenters. The molecule has 0 amide bonds. The Morgan fingerprint density at radius 2 is 1.93 bits per heavy atom. The number of methoxy groups -OCH3 is 1. The summed E-state index contributed by atoms with van der Waals surface area (Å²) >= 11 is 11.9. The second kappa shape index (κ2) is 16.2. The maximum absolute atomic E-state index is 12.6. The van der Waals surface area contributed by atoms with Crippen LogP contribution >= 0.6 is 47.2 Å². The lowest BCUT2D eigenvalue weighted by Crippen LogP contribution is -2.38. The number of nitrogens with zero attached hydrogens (tertiary/aromatic N) is 1. The van der Waals surface area contributed by atoms with Crippen molar-refractivity contribution in [3.8, 4) is 5.75 Å². The average Bonchev–Trinajstić information content (AvgIpc) is 2.61. The van der Waals surface area contributed by atoms with E-state index in [2.05, 4.69) is 20.4 Å². The highest BCUT2D eigenvalue weighted by Gasteiger charge is 2.15. The third kappa shape index (κ3) is 11.4. The van der Waals surface area contributed by atoms with Crippen LogP contribution in [0, 0.1) is 0 Å². The smallest absolute Gasteiger partial charge is 0.387 e. The molecule has 0 saturated carbocycles. The molecule has 0 saturated heterocycles. The number of halogens is 5. The van der Waals surface area contributed by atoms with Gasteiger partial charge in [-0.3, -0.25) is 0 Å². The van der Waals surface area contributed by atoms with Crippen molar-refractivity contribution in [3.63, 3.8) is 0 Å². The molecule has 0 aliphatic rings. The highest BCUT2D eigenvalue weighted by atomic mass is 127.